The molecular weight excluding hydrogens is 262 g/mol. The van der Waals surface area contributed by atoms with Crippen LogP contribution in [0.5, 0.6) is 0 Å². The van der Waals surface area contributed by atoms with Gasteiger partial charge in [0, 0.05) is 45.5 Å². The van der Waals surface area contributed by atoms with Gasteiger partial charge in [0.05, 0.1) is 12.3 Å². The molecule has 0 saturated carbocycles. The summed E-state index contributed by atoms with van der Waals surface area (Å²) < 4.78 is 5.18. The Hall–Kier alpha value is -1.23. The Bertz CT molecular complexity index is 454. The highest BCUT2D eigenvalue weighted by Gasteiger charge is 2.12. The predicted molar refractivity (Wildman–Crippen MR) is 86.1 cm³/mol. The molecule has 0 saturated heterocycles. The van der Waals surface area contributed by atoms with Crippen molar-refractivity contribution < 1.29 is 4.74 Å². The molecule has 1 aromatic rings. The van der Waals surface area contributed by atoms with E-state index in [9.17, 15) is 0 Å². The van der Waals surface area contributed by atoms with E-state index in [1.165, 1.54) is 11.1 Å². The fourth-order valence-electron chi connectivity index (χ4n) is 2.42. The number of nitrogens with zero attached hydrogens (tertiary/aromatic N) is 2. The molecule has 0 atom stereocenters. The van der Waals surface area contributed by atoms with Crippen molar-refractivity contribution in [3.8, 4) is 0 Å². The maximum atomic E-state index is 5.18. The molecule has 0 aliphatic carbocycles. The van der Waals surface area contributed by atoms with Crippen molar-refractivity contribution >= 4 is 0 Å². The Balaban J connectivity index is 1.81. The lowest BCUT2D eigenvalue weighted by Gasteiger charge is -2.25. The predicted octanol–water partition coefficient (Wildman–Crippen LogP) is 2.36. The molecule has 0 amide bonds. The van der Waals surface area contributed by atoms with E-state index in [2.05, 4.69) is 47.3 Å². The molecule has 0 radical (unpaired) electrons. The Labute approximate surface area is 128 Å². The van der Waals surface area contributed by atoms with Crippen LogP contribution in [0.1, 0.15) is 31.5 Å². The van der Waals surface area contributed by atoms with Crippen molar-refractivity contribution in [2.24, 2.45) is 0 Å². The van der Waals surface area contributed by atoms with Crippen molar-refractivity contribution in [1.29, 1.82) is 0 Å². The average Bonchev–Trinajstić information content (AvgIpc) is 2.49. The highest BCUT2D eigenvalue weighted by Crippen LogP contribution is 2.13. The summed E-state index contributed by atoms with van der Waals surface area (Å²) in [4.78, 5) is 7.00. The SMILES string of the molecule is COCC1=CCN(Cc2ccc(CNC(C)C)cn2)CC1. The van der Waals surface area contributed by atoms with Gasteiger partial charge in [-0.2, -0.15) is 0 Å². The lowest BCUT2D eigenvalue weighted by molar-refractivity contribution is 0.210. The van der Waals surface area contributed by atoms with E-state index < -0.39 is 0 Å². The lowest BCUT2D eigenvalue weighted by atomic mass is 10.1. The van der Waals surface area contributed by atoms with Crippen LogP contribution in [0.15, 0.2) is 30.0 Å². The number of hydrogen-bond donors (Lipinski definition) is 1. The molecule has 0 bridgehead atoms. The number of ether oxygens (including phenoxy) is 1. The summed E-state index contributed by atoms with van der Waals surface area (Å²) in [5.74, 6) is 0. The first-order valence-electron chi connectivity index (χ1n) is 7.73. The molecule has 0 unspecified atom stereocenters. The number of pyridine rings is 1. The number of hydrogen-bond acceptors (Lipinski definition) is 4. The van der Waals surface area contributed by atoms with E-state index >= 15 is 0 Å². The number of nitrogens with one attached hydrogen (secondary N) is 1. The summed E-state index contributed by atoms with van der Waals surface area (Å²) in [5, 5.41) is 3.41. The highest BCUT2D eigenvalue weighted by molar-refractivity contribution is 5.15. The molecular formula is C17H27N3O. The van der Waals surface area contributed by atoms with Crippen molar-refractivity contribution in [1.82, 2.24) is 15.2 Å². The van der Waals surface area contributed by atoms with Gasteiger partial charge in [0.25, 0.3) is 0 Å². The van der Waals surface area contributed by atoms with E-state index in [0.717, 1.165) is 44.9 Å². The standard InChI is InChI=1S/C17H27N3O/c1-14(2)18-10-16-4-5-17(19-11-16)12-20-8-6-15(7-9-20)13-21-3/h4-6,11,14,18H,7-10,12-13H2,1-3H3. The normalized spacial score (nSPS) is 16.3. The fourth-order valence-corrected chi connectivity index (χ4v) is 2.42. The molecule has 1 aromatic heterocycles. The Kier molecular flexibility index (Phi) is 6.36. The van der Waals surface area contributed by atoms with Gasteiger partial charge in [-0.1, -0.05) is 26.0 Å². The maximum Gasteiger partial charge on any atom is 0.0673 e. The van der Waals surface area contributed by atoms with E-state index in [1.54, 1.807) is 7.11 Å². The first-order valence-corrected chi connectivity index (χ1v) is 7.73. The lowest BCUT2D eigenvalue weighted by Crippen LogP contribution is -2.29. The van der Waals surface area contributed by atoms with Crippen LogP contribution in [-0.2, 0) is 17.8 Å². The molecule has 116 valence electrons. The minimum Gasteiger partial charge on any atom is -0.380 e. The summed E-state index contributed by atoms with van der Waals surface area (Å²) >= 11 is 0. The molecule has 0 aromatic carbocycles. The summed E-state index contributed by atoms with van der Waals surface area (Å²) in [6, 6.07) is 4.82. The quantitative estimate of drug-likeness (QED) is 0.782. The monoisotopic (exact) mass is 289 g/mol. The Morgan fingerprint density at radius 3 is 2.81 bits per heavy atom. The number of rotatable bonds is 7. The zero-order chi connectivity index (χ0) is 15.1. The number of aromatic nitrogens is 1. The van der Waals surface area contributed by atoms with Crippen molar-refractivity contribution in [3.63, 3.8) is 0 Å². The van der Waals surface area contributed by atoms with Crippen LogP contribution >= 0.6 is 0 Å². The second kappa shape index (κ2) is 8.27. The fraction of sp³-hybridized carbons (Fsp3) is 0.588. The molecule has 4 nitrogen and oxygen atoms in total. The van der Waals surface area contributed by atoms with Crippen LogP contribution in [0.4, 0.5) is 0 Å². The van der Waals surface area contributed by atoms with Crippen LogP contribution in [0.3, 0.4) is 0 Å². The third-order valence-corrected chi connectivity index (χ3v) is 3.70. The number of methoxy groups -OCH3 is 1. The van der Waals surface area contributed by atoms with Gasteiger partial charge in [-0.3, -0.25) is 9.88 Å². The van der Waals surface area contributed by atoms with Gasteiger partial charge in [0.15, 0.2) is 0 Å². The van der Waals surface area contributed by atoms with Crippen LogP contribution in [-0.4, -0.2) is 42.7 Å². The molecule has 4 heteroatoms. The van der Waals surface area contributed by atoms with Gasteiger partial charge in [-0.15, -0.1) is 0 Å². The second-order valence-electron chi connectivity index (χ2n) is 5.97. The van der Waals surface area contributed by atoms with Crippen LogP contribution in [0.2, 0.25) is 0 Å². The first kappa shape index (κ1) is 16.1. The van der Waals surface area contributed by atoms with Crippen LogP contribution < -0.4 is 5.32 Å². The summed E-state index contributed by atoms with van der Waals surface area (Å²) in [6.07, 6.45) is 5.37. The van der Waals surface area contributed by atoms with Crippen molar-refractivity contribution in [3.05, 3.63) is 41.2 Å². The minimum atomic E-state index is 0.506. The van der Waals surface area contributed by atoms with Gasteiger partial charge in [-0.25, -0.2) is 0 Å². The van der Waals surface area contributed by atoms with Gasteiger partial charge in [0.2, 0.25) is 0 Å². The van der Waals surface area contributed by atoms with E-state index in [0.29, 0.717) is 6.04 Å². The molecule has 2 rings (SSSR count). The van der Waals surface area contributed by atoms with Crippen LogP contribution in [0, 0.1) is 0 Å². The average molecular weight is 289 g/mol. The minimum absolute atomic E-state index is 0.506. The zero-order valence-corrected chi connectivity index (χ0v) is 13.4. The molecule has 0 spiro atoms. The molecule has 1 aliphatic rings. The maximum absolute atomic E-state index is 5.18. The highest BCUT2D eigenvalue weighted by atomic mass is 16.5. The van der Waals surface area contributed by atoms with E-state index in [-0.39, 0.29) is 0 Å². The molecule has 1 N–H and O–H groups in total. The van der Waals surface area contributed by atoms with Crippen molar-refractivity contribution in [2.45, 2.75) is 39.4 Å². The largest absolute Gasteiger partial charge is 0.380 e. The van der Waals surface area contributed by atoms with E-state index in [1.807, 2.05) is 6.20 Å². The second-order valence-corrected chi connectivity index (χ2v) is 5.97. The third-order valence-electron chi connectivity index (χ3n) is 3.70. The molecule has 21 heavy (non-hydrogen) atoms. The van der Waals surface area contributed by atoms with Gasteiger partial charge < -0.3 is 10.1 Å². The summed E-state index contributed by atoms with van der Waals surface area (Å²) in [6.45, 7) is 8.98. The Morgan fingerprint density at radius 2 is 2.24 bits per heavy atom. The third kappa shape index (κ3) is 5.58. The Morgan fingerprint density at radius 1 is 1.38 bits per heavy atom. The summed E-state index contributed by atoms with van der Waals surface area (Å²) in [5.41, 5.74) is 3.80. The van der Waals surface area contributed by atoms with E-state index in [4.69, 9.17) is 4.74 Å². The summed E-state index contributed by atoms with van der Waals surface area (Å²) in [7, 11) is 1.76. The molecule has 0 fully saturated rings. The van der Waals surface area contributed by atoms with Crippen molar-refractivity contribution in [2.75, 3.05) is 26.8 Å². The van der Waals surface area contributed by atoms with Gasteiger partial charge in [-0.05, 0) is 23.6 Å². The zero-order valence-electron chi connectivity index (χ0n) is 13.4. The molecule has 2 heterocycles. The van der Waals surface area contributed by atoms with Crippen LogP contribution in [0.25, 0.3) is 0 Å². The van der Waals surface area contributed by atoms with Gasteiger partial charge >= 0.3 is 0 Å². The smallest absolute Gasteiger partial charge is 0.0673 e. The van der Waals surface area contributed by atoms with Gasteiger partial charge in [0.1, 0.15) is 0 Å². The topological polar surface area (TPSA) is 37.4 Å². The first-order chi connectivity index (χ1) is 10.2. The molecule has 1 aliphatic heterocycles.